The molecule has 0 spiro atoms. The minimum atomic E-state index is -3.43. The molecule has 4 nitrogen and oxygen atoms in total. The van der Waals surface area contributed by atoms with Gasteiger partial charge in [-0.25, -0.2) is 8.42 Å². The third-order valence-corrected chi connectivity index (χ3v) is 5.76. The summed E-state index contributed by atoms with van der Waals surface area (Å²) in [5.41, 5.74) is 6.99. The van der Waals surface area contributed by atoms with Gasteiger partial charge in [-0.15, -0.1) is 0 Å². The Morgan fingerprint density at radius 1 is 1.21 bits per heavy atom. The van der Waals surface area contributed by atoms with Crippen molar-refractivity contribution >= 4 is 15.7 Å². The lowest BCUT2D eigenvalue weighted by atomic mass is 9.94. The maximum Gasteiger partial charge on any atom is 0.243 e. The standard InChI is InChI=1S/C14H22N2O2S/c1-10-7-11(2)9-16(8-10)19(17,18)14-6-4-5-13(15)12(14)3/h4-6,10-11H,7-9,15H2,1-3H3. The monoisotopic (exact) mass is 282 g/mol. The maximum atomic E-state index is 12.7. The third-order valence-electron chi connectivity index (χ3n) is 3.78. The van der Waals surface area contributed by atoms with Crippen LogP contribution in [0.5, 0.6) is 0 Å². The van der Waals surface area contributed by atoms with Crippen LogP contribution in [0.4, 0.5) is 5.69 Å². The molecule has 1 aliphatic rings. The van der Waals surface area contributed by atoms with Crippen LogP contribution >= 0.6 is 0 Å². The second kappa shape index (κ2) is 5.13. The molecule has 0 bridgehead atoms. The molecule has 0 aromatic heterocycles. The summed E-state index contributed by atoms with van der Waals surface area (Å²) < 4.78 is 27.0. The summed E-state index contributed by atoms with van der Waals surface area (Å²) in [6, 6.07) is 5.08. The Morgan fingerprint density at radius 2 is 1.79 bits per heavy atom. The number of nitrogens with zero attached hydrogens (tertiary/aromatic N) is 1. The molecule has 1 heterocycles. The van der Waals surface area contributed by atoms with Crippen molar-refractivity contribution in [1.29, 1.82) is 0 Å². The van der Waals surface area contributed by atoms with Crippen LogP contribution in [-0.2, 0) is 10.0 Å². The van der Waals surface area contributed by atoms with Gasteiger partial charge in [0.2, 0.25) is 10.0 Å². The van der Waals surface area contributed by atoms with Crippen LogP contribution in [0.1, 0.15) is 25.8 Å². The number of hydrogen-bond donors (Lipinski definition) is 1. The van der Waals surface area contributed by atoms with E-state index in [1.165, 1.54) is 0 Å². The number of anilines is 1. The Morgan fingerprint density at radius 3 is 2.37 bits per heavy atom. The third kappa shape index (κ3) is 2.77. The normalized spacial score (nSPS) is 25.4. The van der Waals surface area contributed by atoms with Crippen molar-refractivity contribution in [3.63, 3.8) is 0 Å². The smallest absolute Gasteiger partial charge is 0.243 e. The van der Waals surface area contributed by atoms with Crippen molar-refractivity contribution in [2.75, 3.05) is 18.8 Å². The highest BCUT2D eigenvalue weighted by Crippen LogP contribution is 2.29. The summed E-state index contributed by atoms with van der Waals surface area (Å²) in [7, 11) is -3.43. The van der Waals surface area contributed by atoms with Crippen molar-refractivity contribution in [3.8, 4) is 0 Å². The van der Waals surface area contributed by atoms with E-state index in [-0.39, 0.29) is 0 Å². The molecule has 2 rings (SSSR count). The van der Waals surface area contributed by atoms with Gasteiger partial charge in [-0.3, -0.25) is 0 Å². The Bertz CT molecular complexity index is 559. The van der Waals surface area contributed by atoms with E-state index in [4.69, 9.17) is 5.73 Å². The Kier molecular flexibility index (Phi) is 3.87. The Hall–Kier alpha value is -1.07. The molecule has 0 aliphatic carbocycles. The van der Waals surface area contributed by atoms with Crippen molar-refractivity contribution in [2.45, 2.75) is 32.1 Å². The van der Waals surface area contributed by atoms with Gasteiger partial charge >= 0.3 is 0 Å². The summed E-state index contributed by atoms with van der Waals surface area (Å²) in [6.07, 6.45) is 1.09. The highest BCUT2D eigenvalue weighted by Gasteiger charge is 2.32. The molecular formula is C14H22N2O2S. The van der Waals surface area contributed by atoms with Crippen LogP contribution in [0.2, 0.25) is 0 Å². The predicted molar refractivity (Wildman–Crippen MR) is 77.3 cm³/mol. The molecule has 0 saturated carbocycles. The van der Waals surface area contributed by atoms with Crippen LogP contribution in [-0.4, -0.2) is 25.8 Å². The lowest BCUT2D eigenvalue weighted by Gasteiger charge is -2.34. The van der Waals surface area contributed by atoms with Gasteiger partial charge in [-0.05, 0) is 42.9 Å². The second-order valence-corrected chi connectivity index (χ2v) is 7.64. The minimum absolute atomic E-state index is 0.341. The fraction of sp³-hybridized carbons (Fsp3) is 0.571. The number of sulfonamides is 1. The van der Waals surface area contributed by atoms with E-state index < -0.39 is 10.0 Å². The molecule has 19 heavy (non-hydrogen) atoms. The van der Waals surface area contributed by atoms with E-state index in [1.807, 2.05) is 0 Å². The van der Waals surface area contributed by atoms with Crippen molar-refractivity contribution in [1.82, 2.24) is 4.31 Å². The molecule has 0 radical (unpaired) electrons. The van der Waals surface area contributed by atoms with Crippen molar-refractivity contribution in [3.05, 3.63) is 23.8 Å². The average Bonchev–Trinajstić information content (AvgIpc) is 2.31. The van der Waals surface area contributed by atoms with E-state index >= 15 is 0 Å². The molecule has 106 valence electrons. The van der Waals surface area contributed by atoms with Crippen LogP contribution in [0.3, 0.4) is 0 Å². The van der Waals surface area contributed by atoms with Crippen molar-refractivity contribution in [2.24, 2.45) is 11.8 Å². The van der Waals surface area contributed by atoms with Gasteiger partial charge in [0.15, 0.2) is 0 Å². The quantitative estimate of drug-likeness (QED) is 0.846. The zero-order valence-corrected chi connectivity index (χ0v) is 12.6. The molecule has 1 fully saturated rings. The van der Waals surface area contributed by atoms with E-state index in [0.29, 0.717) is 41.1 Å². The summed E-state index contributed by atoms with van der Waals surface area (Å²) >= 11 is 0. The first-order valence-electron chi connectivity index (χ1n) is 6.67. The highest BCUT2D eigenvalue weighted by molar-refractivity contribution is 7.89. The molecule has 1 aromatic rings. The minimum Gasteiger partial charge on any atom is -0.398 e. The van der Waals surface area contributed by atoms with E-state index in [9.17, 15) is 8.42 Å². The first-order chi connectivity index (χ1) is 8.82. The zero-order valence-electron chi connectivity index (χ0n) is 11.8. The van der Waals surface area contributed by atoms with Gasteiger partial charge in [0.25, 0.3) is 0 Å². The summed E-state index contributed by atoms with van der Waals surface area (Å²) in [6.45, 7) is 7.16. The van der Waals surface area contributed by atoms with Gasteiger partial charge in [-0.2, -0.15) is 4.31 Å². The van der Waals surface area contributed by atoms with Gasteiger partial charge in [0.05, 0.1) is 4.90 Å². The Balaban J connectivity index is 2.39. The fourth-order valence-electron chi connectivity index (χ4n) is 2.85. The molecule has 2 atom stereocenters. The second-order valence-electron chi connectivity index (χ2n) is 5.74. The fourth-order valence-corrected chi connectivity index (χ4v) is 4.79. The number of hydrogen-bond acceptors (Lipinski definition) is 3. The summed E-state index contributed by atoms with van der Waals surface area (Å²) in [4.78, 5) is 0.341. The molecule has 1 aromatic carbocycles. The largest absolute Gasteiger partial charge is 0.398 e. The predicted octanol–water partition coefficient (Wildman–Crippen LogP) is 2.24. The van der Waals surface area contributed by atoms with E-state index in [1.54, 1.807) is 29.4 Å². The lowest BCUT2D eigenvalue weighted by Crippen LogP contribution is -2.42. The van der Waals surface area contributed by atoms with Gasteiger partial charge in [0, 0.05) is 18.8 Å². The molecule has 2 N–H and O–H groups in total. The molecule has 2 unspecified atom stereocenters. The number of nitrogens with two attached hydrogens (primary N) is 1. The number of rotatable bonds is 2. The molecular weight excluding hydrogens is 260 g/mol. The topological polar surface area (TPSA) is 63.4 Å². The van der Waals surface area contributed by atoms with Crippen molar-refractivity contribution < 1.29 is 8.42 Å². The van der Waals surface area contributed by atoms with E-state index in [2.05, 4.69) is 13.8 Å². The molecule has 1 saturated heterocycles. The molecule has 0 amide bonds. The summed E-state index contributed by atoms with van der Waals surface area (Å²) in [5, 5.41) is 0. The van der Waals surface area contributed by atoms with Crippen LogP contribution in [0.25, 0.3) is 0 Å². The zero-order chi connectivity index (χ0) is 14.2. The van der Waals surface area contributed by atoms with E-state index in [0.717, 1.165) is 6.42 Å². The maximum absolute atomic E-state index is 12.7. The van der Waals surface area contributed by atoms with Crippen LogP contribution in [0, 0.1) is 18.8 Å². The van der Waals surface area contributed by atoms with Crippen LogP contribution < -0.4 is 5.73 Å². The first-order valence-corrected chi connectivity index (χ1v) is 8.11. The number of nitrogen functional groups attached to an aromatic ring is 1. The van der Waals surface area contributed by atoms with Crippen LogP contribution in [0.15, 0.2) is 23.1 Å². The average molecular weight is 282 g/mol. The Labute approximate surface area is 115 Å². The van der Waals surface area contributed by atoms with Gasteiger partial charge in [-0.1, -0.05) is 19.9 Å². The SMILES string of the molecule is Cc1c(N)cccc1S(=O)(=O)N1CC(C)CC(C)C1. The van der Waals surface area contributed by atoms with Gasteiger partial charge < -0.3 is 5.73 Å². The molecule has 5 heteroatoms. The highest BCUT2D eigenvalue weighted by atomic mass is 32.2. The molecule has 1 aliphatic heterocycles. The lowest BCUT2D eigenvalue weighted by molar-refractivity contribution is 0.222. The summed E-state index contributed by atoms with van der Waals surface area (Å²) in [5.74, 6) is 0.805. The number of benzene rings is 1. The van der Waals surface area contributed by atoms with Gasteiger partial charge in [0.1, 0.15) is 0 Å². The number of piperidine rings is 1. The first kappa shape index (κ1) is 14.3.